The lowest BCUT2D eigenvalue weighted by Gasteiger charge is -2.21. The Kier molecular flexibility index (Phi) is 5.72. The highest BCUT2D eigenvalue weighted by Gasteiger charge is 2.17. The first kappa shape index (κ1) is 13.9. The molecular formula is C13H20INO. The van der Waals surface area contributed by atoms with Crippen molar-refractivity contribution in [3.8, 4) is 0 Å². The normalized spacial score (nSPS) is 14.8. The number of nitrogens with two attached hydrogens (primary N) is 1. The van der Waals surface area contributed by atoms with Crippen LogP contribution in [0.25, 0.3) is 0 Å². The molecule has 16 heavy (non-hydrogen) atoms. The van der Waals surface area contributed by atoms with Crippen molar-refractivity contribution in [3.63, 3.8) is 0 Å². The van der Waals surface area contributed by atoms with Crippen LogP contribution in [0.15, 0.2) is 18.2 Å². The minimum Gasteiger partial charge on any atom is -0.385 e. The molecule has 0 spiro atoms. The quantitative estimate of drug-likeness (QED) is 0.840. The van der Waals surface area contributed by atoms with Gasteiger partial charge in [-0.3, -0.25) is 0 Å². The van der Waals surface area contributed by atoms with Gasteiger partial charge >= 0.3 is 0 Å². The highest BCUT2D eigenvalue weighted by Crippen LogP contribution is 2.27. The minimum atomic E-state index is 0.0990. The van der Waals surface area contributed by atoms with Gasteiger partial charge in [-0.15, -0.1) is 0 Å². The lowest BCUT2D eigenvalue weighted by Crippen LogP contribution is -2.21. The molecule has 0 aliphatic rings. The molecule has 1 rings (SSSR count). The van der Waals surface area contributed by atoms with Gasteiger partial charge in [-0.1, -0.05) is 25.1 Å². The summed E-state index contributed by atoms with van der Waals surface area (Å²) in [6.45, 7) is 5.08. The summed E-state index contributed by atoms with van der Waals surface area (Å²) in [6, 6.07) is 6.43. The molecule has 0 heterocycles. The molecule has 2 N–H and O–H groups in total. The monoisotopic (exact) mass is 333 g/mol. The number of hydrogen-bond donors (Lipinski definition) is 1. The van der Waals surface area contributed by atoms with E-state index in [9.17, 15) is 0 Å². The molecule has 1 aromatic rings. The molecule has 0 aromatic heterocycles. The number of ether oxygens (including phenoxy) is 1. The van der Waals surface area contributed by atoms with Gasteiger partial charge < -0.3 is 10.5 Å². The van der Waals surface area contributed by atoms with Gasteiger partial charge in [0.1, 0.15) is 0 Å². The van der Waals surface area contributed by atoms with E-state index < -0.39 is 0 Å². The van der Waals surface area contributed by atoms with Crippen molar-refractivity contribution in [1.29, 1.82) is 0 Å². The van der Waals surface area contributed by atoms with Gasteiger partial charge in [0.05, 0.1) is 0 Å². The first-order chi connectivity index (χ1) is 7.57. The van der Waals surface area contributed by atoms with Crippen molar-refractivity contribution in [3.05, 3.63) is 32.9 Å². The molecule has 2 unspecified atom stereocenters. The summed E-state index contributed by atoms with van der Waals surface area (Å²) in [5, 5.41) is 0. The predicted octanol–water partition coefficient (Wildman–Crippen LogP) is 3.27. The van der Waals surface area contributed by atoms with Gasteiger partial charge in [-0.2, -0.15) is 0 Å². The van der Waals surface area contributed by atoms with Crippen molar-refractivity contribution in [2.75, 3.05) is 13.7 Å². The Hall–Kier alpha value is -0.130. The molecule has 2 nitrogen and oxygen atoms in total. The average Bonchev–Trinajstić information content (AvgIpc) is 2.28. The van der Waals surface area contributed by atoms with Crippen LogP contribution in [0.5, 0.6) is 0 Å². The fourth-order valence-corrected chi connectivity index (χ4v) is 2.44. The van der Waals surface area contributed by atoms with E-state index in [4.69, 9.17) is 10.5 Å². The summed E-state index contributed by atoms with van der Waals surface area (Å²) in [7, 11) is 1.73. The molecule has 0 bridgehead atoms. The molecule has 0 saturated carbocycles. The highest BCUT2D eigenvalue weighted by molar-refractivity contribution is 14.1. The maximum absolute atomic E-state index is 6.29. The Morgan fingerprint density at radius 3 is 2.75 bits per heavy atom. The molecule has 0 aliphatic carbocycles. The third-order valence-electron chi connectivity index (χ3n) is 2.97. The first-order valence-electron chi connectivity index (χ1n) is 5.57. The second-order valence-corrected chi connectivity index (χ2v) is 5.34. The van der Waals surface area contributed by atoms with E-state index in [2.05, 4.69) is 54.6 Å². The van der Waals surface area contributed by atoms with Crippen LogP contribution in [0.3, 0.4) is 0 Å². The van der Waals surface area contributed by atoms with Crippen LogP contribution in [0.2, 0.25) is 0 Å². The average molecular weight is 333 g/mol. The van der Waals surface area contributed by atoms with E-state index in [0.717, 1.165) is 13.0 Å². The van der Waals surface area contributed by atoms with Gasteiger partial charge in [0, 0.05) is 23.3 Å². The Labute approximate surface area is 112 Å². The van der Waals surface area contributed by atoms with Crippen LogP contribution in [0.1, 0.15) is 30.5 Å². The number of methoxy groups -OCH3 is 1. The number of benzene rings is 1. The fourth-order valence-electron chi connectivity index (χ4n) is 1.72. The minimum absolute atomic E-state index is 0.0990. The van der Waals surface area contributed by atoms with E-state index in [1.807, 2.05) is 0 Å². The summed E-state index contributed by atoms with van der Waals surface area (Å²) in [6.07, 6.45) is 1.00. The number of hydrogen-bond acceptors (Lipinski definition) is 2. The summed E-state index contributed by atoms with van der Waals surface area (Å²) in [5.41, 5.74) is 8.84. The van der Waals surface area contributed by atoms with Gasteiger partial charge in [0.2, 0.25) is 0 Å². The number of halogens is 1. The highest BCUT2D eigenvalue weighted by atomic mass is 127. The lowest BCUT2D eigenvalue weighted by atomic mass is 9.92. The molecule has 0 fully saturated rings. The lowest BCUT2D eigenvalue weighted by molar-refractivity contribution is 0.174. The smallest absolute Gasteiger partial charge is 0.0465 e. The second-order valence-electron chi connectivity index (χ2n) is 4.26. The van der Waals surface area contributed by atoms with Crippen molar-refractivity contribution in [1.82, 2.24) is 0 Å². The maximum Gasteiger partial charge on any atom is 0.0465 e. The molecule has 2 atom stereocenters. The van der Waals surface area contributed by atoms with E-state index in [1.165, 1.54) is 14.7 Å². The number of rotatable bonds is 5. The van der Waals surface area contributed by atoms with Gasteiger partial charge in [0.15, 0.2) is 0 Å². The molecule has 3 heteroatoms. The molecule has 0 radical (unpaired) electrons. The largest absolute Gasteiger partial charge is 0.385 e. The molecule has 0 amide bonds. The fraction of sp³-hybridized carbons (Fsp3) is 0.538. The van der Waals surface area contributed by atoms with Crippen molar-refractivity contribution in [2.24, 2.45) is 11.7 Å². The van der Waals surface area contributed by atoms with Crippen molar-refractivity contribution in [2.45, 2.75) is 26.3 Å². The summed E-state index contributed by atoms with van der Waals surface area (Å²) in [5.74, 6) is 0.440. The van der Waals surface area contributed by atoms with Gasteiger partial charge in [-0.05, 0) is 53.0 Å². The molecule has 1 aromatic carbocycles. The molecule has 0 aliphatic heterocycles. The summed E-state index contributed by atoms with van der Waals surface area (Å²) >= 11 is 2.38. The summed E-state index contributed by atoms with van der Waals surface area (Å²) in [4.78, 5) is 0. The van der Waals surface area contributed by atoms with Crippen molar-refractivity contribution >= 4 is 22.6 Å². The summed E-state index contributed by atoms with van der Waals surface area (Å²) < 4.78 is 6.38. The maximum atomic E-state index is 6.29. The van der Waals surface area contributed by atoms with Crippen LogP contribution in [0.4, 0.5) is 0 Å². The molecular weight excluding hydrogens is 313 g/mol. The number of aryl methyl sites for hydroxylation is 1. The SMILES string of the molecule is COCCC(C)C(N)c1cccc(C)c1I. The molecule has 90 valence electrons. The molecule has 0 saturated heterocycles. The van der Waals surface area contributed by atoms with Crippen LogP contribution in [-0.2, 0) is 4.74 Å². The predicted molar refractivity (Wildman–Crippen MR) is 76.5 cm³/mol. The zero-order valence-electron chi connectivity index (χ0n) is 10.2. The first-order valence-corrected chi connectivity index (χ1v) is 6.65. The zero-order chi connectivity index (χ0) is 12.1. The standard InChI is InChI=1S/C13H20INO/c1-9-5-4-6-11(12(9)14)13(15)10(2)7-8-16-3/h4-6,10,13H,7-8,15H2,1-3H3. The Bertz CT molecular complexity index is 341. The third-order valence-corrected chi connectivity index (χ3v) is 4.44. The Balaban J connectivity index is 2.79. The topological polar surface area (TPSA) is 35.2 Å². The van der Waals surface area contributed by atoms with Crippen LogP contribution < -0.4 is 5.73 Å². The van der Waals surface area contributed by atoms with E-state index in [1.54, 1.807) is 7.11 Å². The van der Waals surface area contributed by atoms with Gasteiger partial charge in [0.25, 0.3) is 0 Å². The van der Waals surface area contributed by atoms with Gasteiger partial charge in [-0.25, -0.2) is 0 Å². The van der Waals surface area contributed by atoms with E-state index >= 15 is 0 Å². The van der Waals surface area contributed by atoms with E-state index in [-0.39, 0.29) is 6.04 Å². The van der Waals surface area contributed by atoms with Crippen LogP contribution >= 0.6 is 22.6 Å². The van der Waals surface area contributed by atoms with Crippen LogP contribution in [-0.4, -0.2) is 13.7 Å². The zero-order valence-corrected chi connectivity index (χ0v) is 12.3. The van der Waals surface area contributed by atoms with Crippen LogP contribution in [0, 0.1) is 16.4 Å². The van der Waals surface area contributed by atoms with Crippen molar-refractivity contribution < 1.29 is 4.74 Å². The third kappa shape index (κ3) is 3.43. The Morgan fingerprint density at radius 1 is 1.44 bits per heavy atom. The Morgan fingerprint density at radius 2 is 2.12 bits per heavy atom. The second kappa shape index (κ2) is 6.57. The van der Waals surface area contributed by atoms with E-state index in [0.29, 0.717) is 5.92 Å².